The quantitative estimate of drug-likeness (QED) is 0.561. The summed E-state index contributed by atoms with van der Waals surface area (Å²) in [4.78, 5) is 12.9. The highest BCUT2D eigenvalue weighted by atomic mass is 16.5. The second-order valence-corrected chi connectivity index (χ2v) is 8.87. The fraction of sp³-hybridized carbons (Fsp3) is 0.478. The Balaban J connectivity index is 1.36. The van der Waals surface area contributed by atoms with E-state index in [1.54, 1.807) is 32.3 Å². The third-order valence-corrected chi connectivity index (χ3v) is 5.55. The van der Waals surface area contributed by atoms with E-state index < -0.39 is 5.60 Å². The van der Waals surface area contributed by atoms with Crippen LogP contribution in [0.15, 0.2) is 36.8 Å². The summed E-state index contributed by atoms with van der Waals surface area (Å²) in [7, 11) is 0. The van der Waals surface area contributed by atoms with E-state index in [4.69, 9.17) is 14.6 Å². The maximum absolute atomic E-state index is 10.2. The van der Waals surface area contributed by atoms with Crippen LogP contribution in [0.4, 0.5) is 11.6 Å². The highest BCUT2D eigenvalue weighted by Gasteiger charge is 2.30. The molecule has 3 aromatic heterocycles. The number of rotatable bonds is 7. The molecule has 1 saturated carbocycles. The summed E-state index contributed by atoms with van der Waals surface area (Å²) in [5.74, 6) is 2.83. The second-order valence-electron chi connectivity index (χ2n) is 8.87. The van der Waals surface area contributed by atoms with Crippen LogP contribution in [0.1, 0.15) is 69.6 Å². The van der Waals surface area contributed by atoms with Crippen LogP contribution in [-0.2, 0) is 10.3 Å². The topological polar surface area (TPSA) is 107 Å². The van der Waals surface area contributed by atoms with E-state index in [1.807, 2.05) is 23.0 Å². The van der Waals surface area contributed by atoms with Gasteiger partial charge in [0.25, 0.3) is 0 Å². The molecule has 9 heteroatoms. The van der Waals surface area contributed by atoms with Gasteiger partial charge in [0, 0.05) is 25.1 Å². The number of ether oxygens (including phenoxy) is 2. The zero-order valence-electron chi connectivity index (χ0n) is 18.4. The molecule has 1 saturated heterocycles. The second kappa shape index (κ2) is 8.48. The Morgan fingerprint density at radius 2 is 1.97 bits per heavy atom. The Labute approximate surface area is 186 Å². The first-order valence-electron chi connectivity index (χ1n) is 11.1. The van der Waals surface area contributed by atoms with Crippen LogP contribution in [0.3, 0.4) is 0 Å². The summed E-state index contributed by atoms with van der Waals surface area (Å²) >= 11 is 0. The van der Waals surface area contributed by atoms with Crippen LogP contribution in [0.5, 0.6) is 11.5 Å². The molecular weight excluding hydrogens is 408 g/mol. The van der Waals surface area contributed by atoms with Gasteiger partial charge >= 0.3 is 0 Å². The van der Waals surface area contributed by atoms with Gasteiger partial charge in [-0.15, -0.1) is 0 Å². The Morgan fingerprint density at radius 1 is 1.12 bits per heavy atom. The molecular formula is C23H28N6O3. The van der Waals surface area contributed by atoms with Gasteiger partial charge in [0.1, 0.15) is 34.8 Å². The van der Waals surface area contributed by atoms with E-state index in [9.17, 15) is 5.11 Å². The molecule has 1 atom stereocenters. The average Bonchev–Trinajstić information content (AvgIpc) is 3.55. The van der Waals surface area contributed by atoms with Crippen molar-refractivity contribution in [3.63, 3.8) is 0 Å². The lowest BCUT2D eigenvalue weighted by atomic mass is 10.1. The van der Waals surface area contributed by atoms with E-state index in [0.717, 1.165) is 50.2 Å². The summed E-state index contributed by atoms with van der Waals surface area (Å²) in [6, 6.07) is 5.81. The van der Waals surface area contributed by atoms with Crippen molar-refractivity contribution in [2.24, 2.45) is 0 Å². The predicted molar refractivity (Wildman–Crippen MR) is 118 cm³/mol. The highest BCUT2D eigenvalue weighted by Crippen LogP contribution is 2.40. The molecule has 4 heterocycles. The lowest BCUT2D eigenvalue weighted by molar-refractivity contribution is 0.0109. The molecule has 1 aliphatic heterocycles. The molecule has 2 aliphatic rings. The minimum absolute atomic E-state index is 0.0283. The average molecular weight is 437 g/mol. The normalized spacial score (nSPS) is 19.0. The molecule has 1 aliphatic carbocycles. The fourth-order valence-corrected chi connectivity index (χ4v) is 3.70. The Bertz CT molecular complexity index is 1080. The summed E-state index contributed by atoms with van der Waals surface area (Å²) in [5.41, 5.74) is -0.261. The van der Waals surface area contributed by atoms with Gasteiger partial charge in [-0.2, -0.15) is 5.10 Å². The summed E-state index contributed by atoms with van der Waals surface area (Å²) < 4.78 is 14.3. The maximum Gasteiger partial charge on any atom is 0.171 e. The van der Waals surface area contributed by atoms with E-state index in [-0.39, 0.29) is 6.10 Å². The molecule has 2 fully saturated rings. The molecule has 0 amide bonds. The number of nitrogens with zero attached hydrogens (tertiary/aromatic N) is 5. The monoisotopic (exact) mass is 436 g/mol. The van der Waals surface area contributed by atoms with Gasteiger partial charge in [0.2, 0.25) is 0 Å². The van der Waals surface area contributed by atoms with Gasteiger partial charge in [-0.1, -0.05) is 0 Å². The lowest BCUT2D eigenvalue weighted by Gasteiger charge is -2.21. The molecule has 0 aromatic carbocycles. The lowest BCUT2D eigenvalue weighted by Crippen LogP contribution is -2.19. The van der Waals surface area contributed by atoms with Gasteiger partial charge < -0.3 is 19.9 Å². The van der Waals surface area contributed by atoms with E-state index >= 15 is 0 Å². The molecule has 0 radical (unpaired) electrons. The predicted octanol–water partition coefficient (Wildman–Crippen LogP) is 4.41. The fourth-order valence-electron chi connectivity index (χ4n) is 3.70. The Kier molecular flexibility index (Phi) is 5.52. The van der Waals surface area contributed by atoms with Crippen molar-refractivity contribution >= 4 is 11.6 Å². The first-order chi connectivity index (χ1) is 15.5. The van der Waals surface area contributed by atoms with Crippen LogP contribution >= 0.6 is 0 Å². The molecule has 168 valence electrons. The minimum atomic E-state index is -1.13. The first kappa shape index (κ1) is 20.8. The van der Waals surface area contributed by atoms with Crippen molar-refractivity contribution in [3.05, 3.63) is 48.3 Å². The van der Waals surface area contributed by atoms with Gasteiger partial charge in [-0.25, -0.2) is 15.0 Å². The highest BCUT2D eigenvalue weighted by molar-refractivity contribution is 5.53. The standard InChI is InChI=1S/C23H28N6O3/c1-23(2,30)22-25-11-9-19(27-22)26-20-13-16(8-10-24-20)32-18-14-29(15-6-7-15)28-21(18)17-5-3-4-12-31-17/h8-11,13-15,17,30H,3-7,12H2,1-2H3,(H,24,25,26,27). The number of nitrogens with one attached hydrogen (secondary N) is 1. The Morgan fingerprint density at radius 3 is 2.72 bits per heavy atom. The van der Waals surface area contributed by atoms with Crippen LogP contribution in [0, 0.1) is 0 Å². The largest absolute Gasteiger partial charge is 0.453 e. The number of pyridine rings is 1. The van der Waals surface area contributed by atoms with Crippen molar-refractivity contribution in [2.45, 2.75) is 63.7 Å². The summed E-state index contributed by atoms with van der Waals surface area (Å²) in [5, 5.41) is 18.1. The molecule has 2 N–H and O–H groups in total. The number of anilines is 2. The van der Waals surface area contributed by atoms with Gasteiger partial charge in [-0.05, 0) is 58.1 Å². The number of hydrogen-bond acceptors (Lipinski definition) is 8. The van der Waals surface area contributed by atoms with Crippen LogP contribution in [-0.4, -0.2) is 36.4 Å². The molecule has 32 heavy (non-hydrogen) atoms. The van der Waals surface area contributed by atoms with Gasteiger partial charge in [0.15, 0.2) is 11.6 Å². The van der Waals surface area contributed by atoms with E-state index in [2.05, 4.69) is 20.3 Å². The minimum Gasteiger partial charge on any atom is -0.453 e. The Hall–Kier alpha value is -3.04. The maximum atomic E-state index is 10.2. The number of aromatic nitrogens is 5. The number of aliphatic hydroxyl groups is 1. The van der Waals surface area contributed by atoms with Crippen molar-refractivity contribution < 1.29 is 14.6 Å². The first-order valence-corrected chi connectivity index (χ1v) is 11.1. The van der Waals surface area contributed by atoms with E-state index in [0.29, 0.717) is 29.3 Å². The number of hydrogen-bond donors (Lipinski definition) is 2. The van der Waals surface area contributed by atoms with E-state index in [1.165, 1.54) is 0 Å². The molecule has 9 nitrogen and oxygen atoms in total. The summed E-state index contributed by atoms with van der Waals surface area (Å²) in [6.07, 6.45) is 10.7. The SMILES string of the molecule is CC(C)(O)c1nccc(Nc2cc(Oc3cn(C4CC4)nc3C3CCCCO3)ccn2)n1. The van der Waals surface area contributed by atoms with Gasteiger partial charge in [-0.3, -0.25) is 4.68 Å². The molecule has 0 bridgehead atoms. The van der Waals surface area contributed by atoms with Crippen molar-refractivity contribution in [1.82, 2.24) is 24.7 Å². The van der Waals surface area contributed by atoms with Gasteiger partial charge in [0.05, 0.1) is 12.2 Å². The van der Waals surface area contributed by atoms with Crippen molar-refractivity contribution in [2.75, 3.05) is 11.9 Å². The molecule has 3 aromatic rings. The zero-order valence-corrected chi connectivity index (χ0v) is 18.4. The van der Waals surface area contributed by atoms with Crippen LogP contribution < -0.4 is 10.1 Å². The molecule has 0 spiro atoms. The zero-order chi connectivity index (χ0) is 22.1. The van der Waals surface area contributed by atoms with Crippen molar-refractivity contribution in [1.29, 1.82) is 0 Å². The van der Waals surface area contributed by atoms with Crippen molar-refractivity contribution in [3.8, 4) is 11.5 Å². The molecule has 5 rings (SSSR count). The smallest absolute Gasteiger partial charge is 0.171 e. The third kappa shape index (κ3) is 4.73. The van der Waals surface area contributed by atoms with Crippen LogP contribution in [0.25, 0.3) is 0 Å². The third-order valence-electron chi connectivity index (χ3n) is 5.55. The van der Waals surface area contributed by atoms with Crippen LogP contribution in [0.2, 0.25) is 0 Å². The molecule has 1 unspecified atom stereocenters. The summed E-state index contributed by atoms with van der Waals surface area (Å²) in [6.45, 7) is 4.05.